The molecular weight excluding hydrogens is 400 g/mol. The number of rotatable bonds is 4. The number of ether oxygens (including phenoxy) is 3. The molecule has 1 aliphatic carbocycles. The molecule has 1 aromatic rings. The third-order valence-electron chi connectivity index (χ3n) is 5.07. The van der Waals surface area contributed by atoms with Crippen molar-refractivity contribution in [3.63, 3.8) is 0 Å². The van der Waals surface area contributed by atoms with Crippen LogP contribution in [0.3, 0.4) is 0 Å². The van der Waals surface area contributed by atoms with Gasteiger partial charge in [-0.1, -0.05) is 12.1 Å². The average molecular weight is 435 g/mol. The highest BCUT2D eigenvalue weighted by molar-refractivity contribution is 6.03. The number of ketones is 1. The fourth-order valence-corrected chi connectivity index (χ4v) is 4.00. The lowest BCUT2D eigenvalue weighted by molar-refractivity contribution is -0.182. The highest BCUT2D eigenvalue weighted by Gasteiger charge is 2.57. The van der Waals surface area contributed by atoms with Gasteiger partial charge in [-0.25, -0.2) is 0 Å². The van der Waals surface area contributed by atoms with Crippen LogP contribution in [0.1, 0.15) is 66.4 Å². The topological polar surface area (TPSA) is 99.1 Å². The maximum absolute atomic E-state index is 13.3. The van der Waals surface area contributed by atoms with Gasteiger partial charge in [0, 0.05) is 12.3 Å². The Hall–Kier alpha value is -2.41. The zero-order valence-electron chi connectivity index (χ0n) is 19.6. The summed E-state index contributed by atoms with van der Waals surface area (Å²) in [5.41, 5.74) is -2.82. The van der Waals surface area contributed by atoms with Gasteiger partial charge in [0.05, 0.1) is 18.6 Å². The Bertz CT molecular complexity index is 842. The number of Topliss-reactive ketones (excluding diaryl/α,β-unsaturated/α-hetero) is 1. The Morgan fingerprint density at radius 1 is 1.03 bits per heavy atom. The van der Waals surface area contributed by atoms with E-state index in [1.807, 2.05) is 0 Å². The Balaban J connectivity index is 2.66. The summed E-state index contributed by atoms with van der Waals surface area (Å²) in [6.45, 7) is 11.7. The first kappa shape index (κ1) is 24.9. The lowest BCUT2D eigenvalue weighted by Gasteiger charge is -2.44. The van der Waals surface area contributed by atoms with Crippen molar-refractivity contribution in [1.82, 2.24) is 0 Å². The quantitative estimate of drug-likeness (QED) is 0.573. The van der Waals surface area contributed by atoms with Gasteiger partial charge in [0.25, 0.3) is 0 Å². The van der Waals surface area contributed by atoms with Crippen LogP contribution in [0.15, 0.2) is 24.3 Å². The third kappa shape index (κ3) is 6.06. The summed E-state index contributed by atoms with van der Waals surface area (Å²) in [5.74, 6) is -4.78. The molecule has 172 valence electrons. The molecule has 31 heavy (non-hydrogen) atoms. The molecule has 0 radical (unpaired) electrons. The fraction of sp³-hybridized carbons (Fsp3) is 0.625. The lowest BCUT2D eigenvalue weighted by Crippen LogP contribution is -2.56. The molecule has 4 atom stereocenters. The summed E-state index contributed by atoms with van der Waals surface area (Å²) in [5, 5.41) is 11.2. The van der Waals surface area contributed by atoms with E-state index in [2.05, 4.69) is 0 Å². The molecule has 1 saturated carbocycles. The van der Waals surface area contributed by atoms with Crippen molar-refractivity contribution in [2.24, 2.45) is 11.8 Å². The molecule has 0 amide bonds. The van der Waals surface area contributed by atoms with Gasteiger partial charge >= 0.3 is 11.9 Å². The minimum atomic E-state index is -1.70. The van der Waals surface area contributed by atoms with Gasteiger partial charge < -0.3 is 19.3 Å². The predicted octanol–water partition coefficient (Wildman–Crippen LogP) is 3.42. The first-order valence-electron chi connectivity index (χ1n) is 10.4. The molecule has 0 aromatic heterocycles. The van der Waals surface area contributed by atoms with Gasteiger partial charge in [-0.3, -0.25) is 14.4 Å². The minimum absolute atomic E-state index is 0.360. The largest absolute Gasteiger partial charge is 0.497 e. The standard InChI is InChI=1S/C24H34O7/c1-22(2,3)30-20(26)18-16(25)13-24(7,28)19(21(27)31-23(4,5)6)17(18)14-10-9-11-15(12-14)29-8/h9-12,17-19,28H,13H2,1-8H3/t17-,18-,19-,24+/m0/s1. The minimum Gasteiger partial charge on any atom is -0.497 e. The van der Waals surface area contributed by atoms with E-state index in [0.717, 1.165) is 0 Å². The van der Waals surface area contributed by atoms with E-state index in [4.69, 9.17) is 14.2 Å². The van der Waals surface area contributed by atoms with Crippen LogP contribution in [0.4, 0.5) is 0 Å². The van der Waals surface area contributed by atoms with Crippen LogP contribution in [-0.4, -0.2) is 46.7 Å². The van der Waals surface area contributed by atoms with Crippen molar-refractivity contribution in [3.8, 4) is 5.75 Å². The molecule has 0 unspecified atom stereocenters. The number of carbonyl (C=O) groups is 3. The summed E-state index contributed by atoms with van der Waals surface area (Å²) < 4.78 is 16.4. The van der Waals surface area contributed by atoms with Crippen LogP contribution in [0, 0.1) is 11.8 Å². The van der Waals surface area contributed by atoms with Crippen molar-refractivity contribution >= 4 is 17.7 Å². The summed E-state index contributed by atoms with van der Waals surface area (Å²) in [7, 11) is 1.50. The van der Waals surface area contributed by atoms with Gasteiger partial charge in [-0.15, -0.1) is 0 Å². The molecule has 7 heteroatoms. The van der Waals surface area contributed by atoms with E-state index in [0.29, 0.717) is 11.3 Å². The fourth-order valence-electron chi connectivity index (χ4n) is 4.00. The van der Waals surface area contributed by atoms with Gasteiger partial charge in [0.2, 0.25) is 0 Å². The Morgan fingerprint density at radius 3 is 2.10 bits per heavy atom. The zero-order valence-corrected chi connectivity index (χ0v) is 19.6. The van der Waals surface area contributed by atoms with Gasteiger partial charge in [0.15, 0.2) is 5.78 Å². The van der Waals surface area contributed by atoms with Crippen molar-refractivity contribution in [3.05, 3.63) is 29.8 Å². The molecule has 7 nitrogen and oxygen atoms in total. The number of methoxy groups -OCH3 is 1. The van der Waals surface area contributed by atoms with Crippen LogP contribution in [0.5, 0.6) is 5.75 Å². The number of esters is 2. The molecule has 2 rings (SSSR count). The molecule has 0 bridgehead atoms. The van der Waals surface area contributed by atoms with Crippen molar-refractivity contribution in [2.75, 3.05) is 7.11 Å². The normalized spacial score (nSPS) is 26.9. The van der Waals surface area contributed by atoms with Gasteiger partial charge in [0.1, 0.15) is 22.9 Å². The third-order valence-corrected chi connectivity index (χ3v) is 5.07. The molecule has 0 spiro atoms. The van der Waals surface area contributed by atoms with Crippen LogP contribution in [-0.2, 0) is 23.9 Å². The molecule has 1 aromatic carbocycles. The summed E-state index contributed by atoms with van der Waals surface area (Å²) >= 11 is 0. The highest BCUT2D eigenvalue weighted by atomic mass is 16.6. The summed E-state index contributed by atoms with van der Waals surface area (Å²) in [6.07, 6.45) is -0.360. The van der Waals surface area contributed by atoms with Crippen LogP contribution in [0.2, 0.25) is 0 Å². The number of hydrogen-bond donors (Lipinski definition) is 1. The summed E-state index contributed by atoms with van der Waals surface area (Å²) in [6, 6.07) is 6.79. The second-order valence-electron chi connectivity index (χ2n) is 10.3. The second-order valence-corrected chi connectivity index (χ2v) is 10.3. The SMILES string of the molecule is COc1cccc([C@H]2[C@@H](C(=O)OC(C)(C)C)C(=O)C[C@@](C)(O)[C@@H]2C(=O)OC(C)(C)C)c1. The van der Waals surface area contributed by atoms with E-state index in [-0.39, 0.29) is 6.42 Å². The monoisotopic (exact) mass is 434 g/mol. The first-order chi connectivity index (χ1) is 14.1. The number of benzene rings is 1. The highest BCUT2D eigenvalue weighted by Crippen LogP contribution is 2.47. The van der Waals surface area contributed by atoms with Crippen LogP contribution in [0.25, 0.3) is 0 Å². The zero-order chi connectivity index (χ0) is 23.8. The molecule has 1 aliphatic rings. The maximum atomic E-state index is 13.3. The number of aliphatic hydroxyl groups is 1. The molecular formula is C24H34O7. The molecule has 0 aliphatic heterocycles. The van der Waals surface area contributed by atoms with E-state index >= 15 is 0 Å². The summed E-state index contributed by atoms with van der Waals surface area (Å²) in [4.78, 5) is 39.5. The van der Waals surface area contributed by atoms with E-state index in [1.165, 1.54) is 14.0 Å². The molecule has 1 N–H and O–H groups in total. The average Bonchev–Trinajstić information content (AvgIpc) is 2.56. The van der Waals surface area contributed by atoms with Gasteiger partial charge in [-0.05, 0) is 66.2 Å². The van der Waals surface area contributed by atoms with E-state index in [9.17, 15) is 19.5 Å². The molecule has 0 saturated heterocycles. The van der Waals surface area contributed by atoms with Crippen LogP contribution >= 0.6 is 0 Å². The second kappa shape index (κ2) is 8.61. The lowest BCUT2D eigenvalue weighted by atomic mass is 9.61. The maximum Gasteiger partial charge on any atom is 0.317 e. The Kier molecular flexibility index (Phi) is 6.91. The Labute approximate surface area is 184 Å². The smallest absolute Gasteiger partial charge is 0.317 e. The molecule has 1 fully saturated rings. The first-order valence-corrected chi connectivity index (χ1v) is 10.4. The number of hydrogen-bond acceptors (Lipinski definition) is 7. The number of carbonyl (C=O) groups excluding carboxylic acids is 3. The van der Waals surface area contributed by atoms with Gasteiger partial charge in [-0.2, -0.15) is 0 Å². The predicted molar refractivity (Wildman–Crippen MR) is 115 cm³/mol. The van der Waals surface area contributed by atoms with Crippen molar-refractivity contribution in [1.29, 1.82) is 0 Å². The van der Waals surface area contributed by atoms with Crippen molar-refractivity contribution in [2.45, 2.75) is 77.6 Å². The Morgan fingerprint density at radius 2 is 1.58 bits per heavy atom. The van der Waals surface area contributed by atoms with E-state index < -0.39 is 52.3 Å². The van der Waals surface area contributed by atoms with Crippen LogP contribution < -0.4 is 4.74 Å². The molecule has 0 heterocycles. The van der Waals surface area contributed by atoms with E-state index in [1.54, 1.807) is 65.8 Å². The van der Waals surface area contributed by atoms with Crippen molar-refractivity contribution < 1.29 is 33.7 Å².